The molecule has 1 aromatic carbocycles. The van der Waals surface area contributed by atoms with Crippen LogP contribution in [-0.2, 0) is 0 Å². The lowest BCUT2D eigenvalue weighted by Crippen LogP contribution is -2.23. The van der Waals surface area contributed by atoms with Crippen LogP contribution in [0.25, 0.3) is 15.9 Å². The highest BCUT2D eigenvalue weighted by Crippen LogP contribution is 2.31. The second-order valence-corrected chi connectivity index (χ2v) is 8.69. The molecule has 1 atom stereocenters. The topological polar surface area (TPSA) is 58.7 Å². The van der Waals surface area contributed by atoms with E-state index in [0.717, 1.165) is 32.1 Å². The van der Waals surface area contributed by atoms with Gasteiger partial charge < -0.3 is 0 Å². The first-order valence-electron chi connectivity index (χ1n) is 8.00. The fourth-order valence-corrected chi connectivity index (χ4v) is 4.68. The number of rotatable bonds is 3. The molecule has 0 fully saturated rings. The maximum Gasteiger partial charge on any atom is 0.267 e. The van der Waals surface area contributed by atoms with Crippen molar-refractivity contribution in [2.45, 2.75) is 45.0 Å². The Morgan fingerprint density at radius 2 is 2.00 bits per heavy atom. The number of hydrogen-bond donors (Lipinski definition) is 0. The van der Waals surface area contributed by atoms with Crippen LogP contribution in [0.1, 0.15) is 28.5 Å². The number of nitriles is 1. The van der Waals surface area contributed by atoms with Crippen molar-refractivity contribution in [3.63, 3.8) is 0 Å². The molecular weight excluding hydrogens is 350 g/mol. The minimum Gasteiger partial charge on any atom is -0.268 e. The molecule has 0 N–H and O–H groups in total. The van der Waals surface area contributed by atoms with Crippen LogP contribution >= 0.6 is 23.1 Å². The van der Waals surface area contributed by atoms with Crippen LogP contribution in [0.15, 0.2) is 28.2 Å². The van der Waals surface area contributed by atoms with Crippen LogP contribution in [0.5, 0.6) is 0 Å². The average Bonchev–Trinajstić information content (AvgIpc) is 2.83. The molecule has 2 heterocycles. The first-order chi connectivity index (χ1) is 11.8. The van der Waals surface area contributed by atoms with Crippen LogP contribution in [0.3, 0.4) is 0 Å². The van der Waals surface area contributed by atoms with Crippen molar-refractivity contribution < 1.29 is 0 Å². The third-order valence-electron chi connectivity index (χ3n) is 4.23. The van der Waals surface area contributed by atoms with Crippen LogP contribution in [0, 0.1) is 39.0 Å². The molecule has 25 heavy (non-hydrogen) atoms. The molecule has 128 valence electrons. The lowest BCUT2D eigenvalue weighted by Gasteiger charge is -2.15. The van der Waals surface area contributed by atoms with Crippen LogP contribution in [-0.4, -0.2) is 14.8 Å². The maximum atomic E-state index is 13.3. The van der Waals surface area contributed by atoms with Gasteiger partial charge >= 0.3 is 0 Å². The van der Waals surface area contributed by atoms with Gasteiger partial charge in [0.25, 0.3) is 5.56 Å². The van der Waals surface area contributed by atoms with Gasteiger partial charge in [-0.1, -0.05) is 29.5 Å². The van der Waals surface area contributed by atoms with Crippen LogP contribution in [0.2, 0.25) is 0 Å². The summed E-state index contributed by atoms with van der Waals surface area (Å²) in [6.45, 7) is 9.81. The molecule has 0 amide bonds. The van der Waals surface area contributed by atoms with Gasteiger partial charge in [-0.3, -0.25) is 9.36 Å². The van der Waals surface area contributed by atoms with Gasteiger partial charge in [0, 0.05) is 4.88 Å². The fourth-order valence-electron chi connectivity index (χ4n) is 2.81. The van der Waals surface area contributed by atoms with E-state index in [1.165, 1.54) is 23.1 Å². The molecule has 0 saturated heterocycles. The molecule has 0 bridgehead atoms. The zero-order valence-electron chi connectivity index (χ0n) is 14.9. The van der Waals surface area contributed by atoms with Gasteiger partial charge in [0.1, 0.15) is 4.83 Å². The largest absolute Gasteiger partial charge is 0.268 e. The summed E-state index contributed by atoms with van der Waals surface area (Å²) in [5.74, 6) is 0. The van der Waals surface area contributed by atoms with E-state index in [1.807, 2.05) is 46.8 Å². The Morgan fingerprint density at radius 3 is 2.64 bits per heavy atom. The van der Waals surface area contributed by atoms with Gasteiger partial charge in [0.2, 0.25) is 0 Å². The quantitative estimate of drug-likeness (QED) is 0.497. The zero-order chi connectivity index (χ0) is 18.3. The van der Waals surface area contributed by atoms with Gasteiger partial charge in [0.05, 0.1) is 22.4 Å². The van der Waals surface area contributed by atoms with Crippen LogP contribution in [0.4, 0.5) is 0 Å². The van der Waals surface area contributed by atoms with E-state index in [-0.39, 0.29) is 10.8 Å². The van der Waals surface area contributed by atoms with Crippen molar-refractivity contribution in [2.24, 2.45) is 0 Å². The number of thiophene rings is 1. The highest BCUT2D eigenvalue weighted by Gasteiger charge is 2.20. The van der Waals surface area contributed by atoms with E-state index >= 15 is 0 Å². The molecule has 0 unspecified atom stereocenters. The SMILES string of the molecule is Cc1ccc(-n2c(S[C@H](C)C#N)nc3sc(C)c(C)c3c2=O)c(C)c1. The Hall–Kier alpha value is -2.10. The minimum absolute atomic E-state index is 0.0635. The Kier molecular flexibility index (Phi) is 4.72. The molecule has 0 aliphatic heterocycles. The van der Waals surface area contributed by atoms with Crippen molar-refractivity contribution in [1.29, 1.82) is 5.26 Å². The number of thioether (sulfide) groups is 1. The Balaban J connectivity index is 2.39. The molecule has 2 aromatic heterocycles. The Labute approximate surface area is 155 Å². The number of aromatic nitrogens is 2. The van der Waals surface area contributed by atoms with Crippen molar-refractivity contribution in [3.8, 4) is 11.8 Å². The monoisotopic (exact) mass is 369 g/mol. The maximum absolute atomic E-state index is 13.3. The van der Waals surface area contributed by atoms with E-state index in [1.54, 1.807) is 4.57 Å². The van der Waals surface area contributed by atoms with Gasteiger partial charge in [-0.2, -0.15) is 5.26 Å². The van der Waals surface area contributed by atoms with Gasteiger partial charge in [-0.15, -0.1) is 11.3 Å². The number of aryl methyl sites for hydroxylation is 4. The number of nitrogens with zero attached hydrogens (tertiary/aromatic N) is 3. The van der Waals surface area contributed by atoms with E-state index in [4.69, 9.17) is 4.98 Å². The van der Waals surface area contributed by atoms with E-state index in [0.29, 0.717) is 10.5 Å². The molecule has 3 aromatic rings. The summed E-state index contributed by atoms with van der Waals surface area (Å²) in [5, 5.41) is 10.2. The summed E-state index contributed by atoms with van der Waals surface area (Å²) in [7, 11) is 0. The third-order valence-corrected chi connectivity index (χ3v) is 6.27. The average molecular weight is 370 g/mol. The summed E-state index contributed by atoms with van der Waals surface area (Å²) in [4.78, 5) is 19.9. The van der Waals surface area contributed by atoms with Gasteiger partial charge in [0.15, 0.2) is 5.16 Å². The summed E-state index contributed by atoms with van der Waals surface area (Å²) in [5.41, 5.74) is 3.90. The van der Waals surface area contributed by atoms with E-state index in [2.05, 4.69) is 12.1 Å². The molecular formula is C19H19N3OS2. The standard InChI is InChI=1S/C19H19N3OS2/c1-10-6-7-15(11(2)8-10)22-18(23)16-13(4)14(5)25-17(16)21-19(22)24-12(3)9-20/h6-8,12H,1-5H3/t12-/m1/s1. The van der Waals surface area contributed by atoms with Crippen molar-refractivity contribution in [2.75, 3.05) is 0 Å². The number of hydrogen-bond acceptors (Lipinski definition) is 5. The first-order valence-corrected chi connectivity index (χ1v) is 9.69. The highest BCUT2D eigenvalue weighted by atomic mass is 32.2. The van der Waals surface area contributed by atoms with Gasteiger partial charge in [-0.05, 0) is 51.8 Å². The van der Waals surface area contributed by atoms with Crippen molar-refractivity contribution >= 4 is 33.3 Å². The molecule has 0 aliphatic carbocycles. The van der Waals surface area contributed by atoms with Crippen molar-refractivity contribution in [1.82, 2.24) is 9.55 Å². The number of benzene rings is 1. The molecule has 0 spiro atoms. The molecule has 0 saturated carbocycles. The molecule has 0 aliphatic rings. The molecule has 0 radical (unpaired) electrons. The first kappa shape index (κ1) is 17.7. The van der Waals surface area contributed by atoms with E-state index < -0.39 is 0 Å². The Morgan fingerprint density at radius 1 is 1.28 bits per heavy atom. The third kappa shape index (κ3) is 3.10. The molecule has 6 heteroatoms. The fraction of sp³-hybridized carbons (Fsp3) is 0.316. The molecule has 4 nitrogen and oxygen atoms in total. The molecule has 3 rings (SSSR count). The summed E-state index contributed by atoms with van der Waals surface area (Å²) < 4.78 is 1.66. The Bertz CT molecular complexity index is 1070. The summed E-state index contributed by atoms with van der Waals surface area (Å²) in [6.07, 6.45) is 0. The normalized spacial score (nSPS) is 12.3. The van der Waals surface area contributed by atoms with Crippen molar-refractivity contribution in [3.05, 3.63) is 50.1 Å². The predicted octanol–water partition coefficient (Wildman–Crippen LogP) is 4.69. The summed E-state index contributed by atoms with van der Waals surface area (Å²) in [6, 6.07) is 8.21. The summed E-state index contributed by atoms with van der Waals surface area (Å²) >= 11 is 2.85. The minimum atomic E-state index is -0.288. The lowest BCUT2D eigenvalue weighted by molar-refractivity contribution is 0.814. The lowest BCUT2D eigenvalue weighted by atomic mass is 10.1. The highest BCUT2D eigenvalue weighted by molar-refractivity contribution is 8.00. The second-order valence-electron chi connectivity index (χ2n) is 6.18. The smallest absolute Gasteiger partial charge is 0.267 e. The van der Waals surface area contributed by atoms with Gasteiger partial charge in [-0.25, -0.2) is 4.98 Å². The second kappa shape index (κ2) is 6.66. The van der Waals surface area contributed by atoms with Crippen LogP contribution < -0.4 is 5.56 Å². The predicted molar refractivity (Wildman–Crippen MR) is 105 cm³/mol. The van der Waals surface area contributed by atoms with E-state index in [9.17, 15) is 10.1 Å². The number of fused-ring (bicyclic) bond motifs is 1. The zero-order valence-corrected chi connectivity index (χ0v) is 16.5.